The number of aryl methyl sites for hydroxylation is 6. The molecular weight excluding hydrogens is 763 g/mol. The van der Waals surface area contributed by atoms with E-state index in [2.05, 4.69) is 269 Å². The summed E-state index contributed by atoms with van der Waals surface area (Å²) in [5, 5.41) is 0. The molecule has 0 saturated heterocycles. The Morgan fingerprint density at radius 1 is 0.175 bits per heavy atom. The Morgan fingerprint density at radius 2 is 0.317 bits per heavy atom. The van der Waals surface area contributed by atoms with Gasteiger partial charge in [0, 0.05) is 34.1 Å². The molecule has 3 heteroatoms. The summed E-state index contributed by atoms with van der Waals surface area (Å²) in [4.78, 5) is 7.16. The van der Waals surface area contributed by atoms with Gasteiger partial charge in [-0.05, 0) is 155 Å². The van der Waals surface area contributed by atoms with E-state index in [1.807, 2.05) is 0 Å². The van der Waals surface area contributed by atoms with Gasteiger partial charge in [0.25, 0.3) is 0 Å². The summed E-state index contributed by atoms with van der Waals surface area (Å²) < 4.78 is 0. The lowest BCUT2D eigenvalue weighted by molar-refractivity contribution is 1.21. The zero-order valence-corrected chi connectivity index (χ0v) is 37.0. The molecule has 0 fully saturated rings. The molecule has 9 aromatic carbocycles. The van der Waals surface area contributed by atoms with Crippen LogP contribution in [0.4, 0.5) is 51.2 Å². The molecule has 3 nitrogen and oxygen atoms in total. The van der Waals surface area contributed by atoms with Gasteiger partial charge in [-0.3, -0.25) is 0 Å². The van der Waals surface area contributed by atoms with E-state index in [0.717, 1.165) is 51.2 Å². The van der Waals surface area contributed by atoms with Crippen molar-refractivity contribution >= 4 is 51.2 Å². The van der Waals surface area contributed by atoms with Crippen LogP contribution in [0, 0.1) is 41.5 Å². The first-order chi connectivity index (χ1) is 30.6. The van der Waals surface area contributed by atoms with E-state index in [4.69, 9.17) is 0 Å². The molecule has 0 aliphatic carbocycles. The summed E-state index contributed by atoms with van der Waals surface area (Å²) in [6, 6.07) is 78.0. The largest absolute Gasteiger partial charge is 0.310 e. The summed E-state index contributed by atoms with van der Waals surface area (Å²) in [5.41, 5.74) is 21.7. The van der Waals surface area contributed by atoms with E-state index in [0.29, 0.717) is 0 Å². The summed E-state index contributed by atoms with van der Waals surface area (Å²) >= 11 is 0. The van der Waals surface area contributed by atoms with E-state index in [1.54, 1.807) is 0 Å². The maximum Gasteiger partial charge on any atom is 0.0503 e. The average Bonchev–Trinajstić information content (AvgIpc) is 3.30. The van der Waals surface area contributed by atoms with E-state index >= 15 is 0 Å². The van der Waals surface area contributed by atoms with Crippen molar-refractivity contribution in [2.24, 2.45) is 0 Å². The van der Waals surface area contributed by atoms with Crippen LogP contribution in [0.1, 0.15) is 33.4 Å². The van der Waals surface area contributed by atoms with Gasteiger partial charge < -0.3 is 14.7 Å². The number of hydrogen-bond acceptors (Lipinski definition) is 3. The Labute approximate surface area is 373 Å². The molecule has 9 rings (SSSR count). The smallest absolute Gasteiger partial charge is 0.0503 e. The molecule has 0 spiro atoms. The fourth-order valence-corrected chi connectivity index (χ4v) is 8.18. The van der Waals surface area contributed by atoms with Gasteiger partial charge in [0.2, 0.25) is 0 Å². The van der Waals surface area contributed by atoms with E-state index in [-0.39, 0.29) is 0 Å². The second-order valence-electron chi connectivity index (χ2n) is 16.9. The maximum atomic E-state index is 2.40. The maximum absolute atomic E-state index is 2.40. The van der Waals surface area contributed by atoms with Crippen LogP contribution < -0.4 is 14.7 Å². The van der Waals surface area contributed by atoms with Crippen molar-refractivity contribution in [3.63, 3.8) is 0 Å². The third kappa shape index (κ3) is 9.05. The van der Waals surface area contributed by atoms with Crippen molar-refractivity contribution < 1.29 is 0 Å². The van der Waals surface area contributed by atoms with Crippen LogP contribution in [0.25, 0.3) is 22.3 Å². The number of hydrogen-bond donors (Lipinski definition) is 0. The van der Waals surface area contributed by atoms with Crippen LogP contribution in [0.5, 0.6) is 0 Å². The molecule has 308 valence electrons. The van der Waals surface area contributed by atoms with Gasteiger partial charge in [0.15, 0.2) is 0 Å². The topological polar surface area (TPSA) is 9.72 Å². The molecule has 0 aromatic heterocycles. The molecule has 0 amide bonds. The van der Waals surface area contributed by atoms with Crippen molar-refractivity contribution in [1.29, 1.82) is 0 Å². The van der Waals surface area contributed by atoms with Crippen LogP contribution in [-0.2, 0) is 0 Å². The minimum atomic E-state index is 1.03. The van der Waals surface area contributed by atoms with Gasteiger partial charge in [-0.25, -0.2) is 0 Å². The van der Waals surface area contributed by atoms with Gasteiger partial charge in [0.05, 0.1) is 17.1 Å². The molecule has 0 aliphatic rings. The van der Waals surface area contributed by atoms with Gasteiger partial charge in [-0.15, -0.1) is 0 Å². The summed E-state index contributed by atoms with van der Waals surface area (Å²) in [5.74, 6) is 0. The van der Waals surface area contributed by atoms with Crippen molar-refractivity contribution in [3.05, 3.63) is 246 Å². The molecule has 0 N–H and O–H groups in total. The predicted molar refractivity (Wildman–Crippen MR) is 270 cm³/mol. The first-order valence-corrected chi connectivity index (χ1v) is 21.8. The number of benzene rings is 9. The highest BCUT2D eigenvalue weighted by Gasteiger charge is 2.23. The van der Waals surface area contributed by atoms with Gasteiger partial charge in [-0.2, -0.15) is 0 Å². The van der Waals surface area contributed by atoms with Crippen molar-refractivity contribution in [1.82, 2.24) is 0 Å². The molecule has 0 radical (unpaired) electrons. The summed E-state index contributed by atoms with van der Waals surface area (Å²) in [7, 11) is 0. The lowest BCUT2D eigenvalue weighted by atomic mass is 10.0. The van der Waals surface area contributed by atoms with Crippen LogP contribution >= 0.6 is 0 Å². The summed E-state index contributed by atoms with van der Waals surface area (Å²) in [6.07, 6.45) is 0. The zero-order chi connectivity index (χ0) is 43.5. The highest BCUT2D eigenvalue weighted by atomic mass is 15.2. The van der Waals surface area contributed by atoms with Crippen LogP contribution in [-0.4, -0.2) is 0 Å². The lowest BCUT2D eigenvalue weighted by Gasteiger charge is -2.33. The predicted octanol–water partition coefficient (Wildman–Crippen LogP) is 17.3. The van der Waals surface area contributed by atoms with Gasteiger partial charge >= 0.3 is 0 Å². The van der Waals surface area contributed by atoms with Crippen LogP contribution in [0.3, 0.4) is 0 Å². The second kappa shape index (κ2) is 17.8. The van der Waals surface area contributed by atoms with Crippen molar-refractivity contribution in [2.75, 3.05) is 14.7 Å². The normalized spacial score (nSPS) is 11.0. The molecule has 63 heavy (non-hydrogen) atoms. The van der Waals surface area contributed by atoms with Gasteiger partial charge in [0.1, 0.15) is 0 Å². The molecule has 0 saturated carbocycles. The molecule has 0 atom stereocenters. The minimum absolute atomic E-state index is 1.03. The highest BCUT2D eigenvalue weighted by molar-refractivity contribution is 5.90. The first kappa shape index (κ1) is 40.8. The van der Waals surface area contributed by atoms with E-state index in [9.17, 15) is 0 Å². The monoisotopic (exact) mass is 815 g/mol. The Balaban J connectivity index is 1.30. The SMILES string of the molecule is Cc1ccc(-c2ccc(N(c3ccc(-c4ccc(C)cc4)cc3)c3cc(N(c4ccc(C)cc4)c4ccc(C)cc4)cc(N(c4ccc(C)cc4)c4ccc(C)cc4)c3)cc2)cc1. The second-order valence-corrected chi connectivity index (χ2v) is 16.9. The standard InChI is InChI=1S/C60H53N3/c1-42-7-19-48(20-8-42)50-23-35-56(36-24-50)63(57-37-25-51(26-38-57)49-21-9-43(2)10-22-49)60-40-58(61(52-27-11-44(3)12-28-52)53-29-13-45(4)14-30-53)39-59(41-60)62(54-31-15-46(5)16-32-54)55-33-17-47(6)18-34-55/h7-41H,1-6H3. The Hall–Kier alpha value is -7.62. The average molecular weight is 816 g/mol. The first-order valence-electron chi connectivity index (χ1n) is 21.8. The molecule has 0 aliphatic heterocycles. The Morgan fingerprint density at radius 3 is 0.508 bits per heavy atom. The molecule has 0 heterocycles. The molecular formula is C60H53N3. The van der Waals surface area contributed by atoms with Crippen LogP contribution in [0.15, 0.2) is 212 Å². The fourth-order valence-electron chi connectivity index (χ4n) is 8.18. The van der Waals surface area contributed by atoms with Gasteiger partial charge in [-0.1, -0.05) is 155 Å². The quantitative estimate of drug-likeness (QED) is 0.129. The number of rotatable bonds is 11. The van der Waals surface area contributed by atoms with E-state index < -0.39 is 0 Å². The number of anilines is 9. The molecule has 9 aromatic rings. The Bertz CT molecular complexity index is 2640. The zero-order valence-electron chi connectivity index (χ0n) is 37.0. The molecule has 0 bridgehead atoms. The van der Waals surface area contributed by atoms with Crippen molar-refractivity contribution in [3.8, 4) is 22.3 Å². The highest BCUT2D eigenvalue weighted by Crippen LogP contribution is 2.46. The number of nitrogens with zero attached hydrogens (tertiary/aromatic N) is 3. The van der Waals surface area contributed by atoms with Crippen LogP contribution in [0.2, 0.25) is 0 Å². The third-order valence-electron chi connectivity index (χ3n) is 11.9. The third-order valence-corrected chi connectivity index (χ3v) is 11.9. The van der Waals surface area contributed by atoms with Crippen molar-refractivity contribution in [2.45, 2.75) is 41.5 Å². The minimum Gasteiger partial charge on any atom is -0.310 e. The fraction of sp³-hybridized carbons (Fsp3) is 0.100. The Kier molecular flexibility index (Phi) is 11.5. The lowest BCUT2D eigenvalue weighted by Crippen LogP contribution is -2.16. The molecule has 0 unspecified atom stereocenters. The van der Waals surface area contributed by atoms with E-state index in [1.165, 1.54) is 55.6 Å². The summed E-state index contributed by atoms with van der Waals surface area (Å²) in [6.45, 7) is 12.8.